The van der Waals surface area contributed by atoms with Crippen molar-refractivity contribution in [3.63, 3.8) is 0 Å². The molecule has 0 saturated heterocycles. The Balaban J connectivity index is -0.000000195. The highest BCUT2D eigenvalue weighted by atomic mass is 31.2. The van der Waals surface area contributed by atoms with Gasteiger partial charge in [0.2, 0.25) is 6.41 Å². The van der Waals surface area contributed by atoms with Gasteiger partial charge in [-0.25, -0.2) is 9.55 Å². The van der Waals surface area contributed by atoms with Crippen LogP contribution in [0.5, 0.6) is 0 Å². The summed E-state index contributed by atoms with van der Waals surface area (Å²) in [5, 5.41) is 53.0. The molecule has 0 saturated carbocycles. The molecular formula is C18H37N4O14P. The lowest BCUT2D eigenvalue weighted by atomic mass is 10.1. The van der Waals surface area contributed by atoms with Crippen molar-refractivity contribution >= 4 is 38.4 Å². The maximum atomic E-state index is 9.76. The van der Waals surface area contributed by atoms with Gasteiger partial charge in [-0.1, -0.05) is 19.8 Å². The smallest absolute Gasteiger partial charge is 0.466 e. The Bertz CT molecular complexity index is 710. The SMILES string of the molecule is CCCCCNc1ncc[nH]1.NC=O.O=C(O)CCC(=O)O.O=CC(O)C(O)C(O)CO.O=P(O)(O)O. The van der Waals surface area contributed by atoms with Gasteiger partial charge in [0.25, 0.3) is 0 Å². The summed E-state index contributed by atoms with van der Waals surface area (Å²) in [6, 6.07) is 0. The summed E-state index contributed by atoms with van der Waals surface area (Å²) in [6.07, 6.45) is 2.37. The number of hydrogen-bond acceptors (Lipinski definition) is 11. The largest absolute Gasteiger partial charge is 0.481 e. The van der Waals surface area contributed by atoms with Gasteiger partial charge in [0, 0.05) is 18.9 Å². The molecule has 0 radical (unpaired) electrons. The second-order valence-corrected chi connectivity index (χ2v) is 7.40. The standard InChI is InChI=1S/C8H15N3.C5H10O5.C4H6O4.CH3NO.H3O4P/c1-2-3-4-5-9-8-10-6-7-11-8;6-1-3(8)5(10)4(9)2-7;5-3(6)1-2-4(7)8;2-1-3;1-5(2,3)4/h6-7H,2-5H2,1H3,(H2,9,10,11);1,3-5,7-10H,2H2;1-2H2,(H,5,6)(H,7,8);1H,(H2,2,3);(H3,1,2,3,4). The van der Waals surface area contributed by atoms with Crippen LogP contribution in [0.4, 0.5) is 5.95 Å². The average Bonchev–Trinajstić information content (AvgIpc) is 3.33. The number of primary amides is 1. The molecule has 18 nitrogen and oxygen atoms in total. The van der Waals surface area contributed by atoms with Crippen molar-refractivity contribution in [1.29, 1.82) is 0 Å². The number of aromatic amines is 1. The van der Waals surface area contributed by atoms with Crippen molar-refractivity contribution in [3.05, 3.63) is 12.4 Å². The number of aliphatic carboxylic acids is 2. The lowest BCUT2D eigenvalue weighted by molar-refractivity contribution is -0.143. The number of unbranched alkanes of at least 4 members (excludes halogenated alkanes) is 2. The van der Waals surface area contributed by atoms with Crippen LogP contribution in [-0.2, 0) is 23.7 Å². The molecule has 1 aromatic rings. The first-order valence-corrected chi connectivity index (χ1v) is 11.9. The highest BCUT2D eigenvalue weighted by molar-refractivity contribution is 7.45. The van der Waals surface area contributed by atoms with Gasteiger partial charge in [0.15, 0.2) is 12.2 Å². The van der Waals surface area contributed by atoms with Crippen molar-refractivity contribution in [3.8, 4) is 0 Å². The molecule has 1 rings (SSSR count). The number of aliphatic hydroxyl groups excluding tert-OH is 4. The fourth-order valence-corrected chi connectivity index (χ4v) is 1.57. The van der Waals surface area contributed by atoms with E-state index in [1.807, 2.05) is 6.20 Å². The Hall–Kier alpha value is -2.96. The van der Waals surface area contributed by atoms with Crippen molar-refractivity contribution in [2.75, 3.05) is 18.5 Å². The number of aliphatic hydroxyl groups is 4. The third kappa shape index (κ3) is 43.5. The first-order valence-electron chi connectivity index (χ1n) is 10.3. The van der Waals surface area contributed by atoms with E-state index in [9.17, 15) is 14.4 Å². The summed E-state index contributed by atoms with van der Waals surface area (Å²) in [5.74, 6) is -1.28. The van der Waals surface area contributed by atoms with E-state index in [1.54, 1.807) is 6.20 Å². The fourth-order valence-electron chi connectivity index (χ4n) is 1.57. The lowest BCUT2D eigenvalue weighted by Crippen LogP contribution is -2.40. The van der Waals surface area contributed by atoms with Crippen LogP contribution in [0.15, 0.2) is 12.4 Å². The van der Waals surface area contributed by atoms with Crippen molar-refractivity contribution in [2.24, 2.45) is 5.73 Å². The number of carbonyl (C=O) groups is 4. The first-order chi connectivity index (χ1) is 17.1. The molecule has 1 aromatic heterocycles. The summed E-state index contributed by atoms with van der Waals surface area (Å²) >= 11 is 0. The van der Waals surface area contributed by atoms with Crippen LogP contribution in [0, 0.1) is 0 Å². The molecule has 0 aliphatic heterocycles. The molecule has 0 aromatic carbocycles. The zero-order valence-electron chi connectivity index (χ0n) is 20.0. The Morgan fingerprint density at radius 3 is 1.86 bits per heavy atom. The predicted octanol–water partition coefficient (Wildman–Crippen LogP) is -2.62. The number of anilines is 1. The molecule has 3 unspecified atom stereocenters. The van der Waals surface area contributed by atoms with E-state index in [4.69, 9.17) is 54.7 Å². The number of rotatable bonds is 12. The van der Waals surface area contributed by atoms with E-state index in [-0.39, 0.29) is 25.5 Å². The Morgan fingerprint density at radius 2 is 1.57 bits per heavy atom. The Kier molecular flexibility index (Phi) is 30.7. The number of amides is 1. The number of phosphoric acid groups is 1. The number of carboxylic acids is 2. The van der Waals surface area contributed by atoms with E-state index < -0.39 is 44.7 Å². The van der Waals surface area contributed by atoms with Gasteiger partial charge in [0.05, 0.1) is 19.4 Å². The normalized spacial score (nSPS) is 12.0. The topological polar surface area (TPSA) is 334 Å². The molecule has 0 bridgehead atoms. The highest BCUT2D eigenvalue weighted by Crippen LogP contribution is 2.25. The zero-order chi connectivity index (χ0) is 29.9. The third-order valence-corrected chi connectivity index (χ3v) is 3.19. The molecule has 3 atom stereocenters. The molecule has 37 heavy (non-hydrogen) atoms. The number of imidazole rings is 1. The lowest BCUT2D eigenvalue weighted by Gasteiger charge is -2.16. The van der Waals surface area contributed by atoms with Crippen LogP contribution >= 0.6 is 7.82 Å². The second-order valence-electron chi connectivity index (χ2n) is 6.38. The van der Waals surface area contributed by atoms with Gasteiger partial charge in [-0.15, -0.1) is 0 Å². The van der Waals surface area contributed by atoms with Crippen molar-refractivity contribution in [1.82, 2.24) is 9.97 Å². The van der Waals surface area contributed by atoms with Crippen molar-refractivity contribution in [2.45, 2.75) is 57.3 Å². The Labute approximate surface area is 212 Å². The molecule has 1 amide bonds. The fraction of sp³-hybridized carbons (Fsp3) is 0.611. The molecule has 1 heterocycles. The van der Waals surface area contributed by atoms with Crippen molar-refractivity contribution < 1.29 is 69.1 Å². The average molecular weight is 564 g/mol. The van der Waals surface area contributed by atoms with Gasteiger partial charge < -0.3 is 66.1 Å². The molecule has 218 valence electrons. The van der Waals surface area contributed by atoms with Crippen LogP contribution in [0.1, 0.15) is 39.0 Å². The minimum absolute atomic E-state index is 0.0869. The van der Waals surface area contributed by atoms with E-state index in [0.717, 1.165) is 12.5 Å². The predicted molar refractivity (Wildman–Crippen MR) is 127 cm³/mol. The van der Waals surface area contributed by atoms with Gasteiger partial charge in [-0.05, 0) is 6.42 Å². The summed E-state index contributed by atoms with van der Waals surface area (Å²) < 4.78 is 8.88. The van der Waals surface area contributed by atoms with Crippen LogP contribution in [0.3, 0.4) is 0 Å². The van der Waals surface area contributed by atoms with Crippen LogP contribution < -0.4 is 11.1 Å². The maximum absolute atomic E-state index is 9.76. The van der Waals surface area contributed by atoms with Crippen LogP contribution in [0.2, 0.25) is 0 Å². The molecule has 0 aliphatic carbocycles. The van der Waals surface area contributed by atoms with Gasteiger partial charge in [-0.2, -0.15) is 0 Å². The van der Waals surface area contributed by atoms with Gasteiger partial charge >= 0.3 is 19.8 Å². The Morgan fingerprint density at radius 1 is 1.11 bits per heavy atom. The number of aromatic nitrogens is 2. The minimum Gasteiger partial charge on any atom is -0.481 e. The van der Waals surface area contributed by atoms with Gasteiger partial charge in [-0.3, -0.25) is 14.4 Å². The third-order valence-electron chi connectivity index (χ3n) is 3.19. The number of nitrogens with zero attached hydrogens (tertiary/aromatic N) is 1. The summed E-state index contributed by atoms with van der Waals surface area (Å²) in [7, 11) is -4.64. The maximum Gasteiger partial charge on any atom is 0.466 e. The summed E-state index contributed by atoms with van der Waals surface area (Å²) in [6.45, 7) is 2.53. The van der Waals surface area contributed by atoms with Crippen LogP contribution in [0.25, 0.3) is 0 Å². The second kappa shape index (κ2) is 27.6. The zero-order valence-corrected chi connectivity index (χ0v) is 20.9. The highest BCUT2D eigenvalue weighted by Gasteiger charge is 2.22. The first kappa shape index (κ1) is 41.2. The molecule has 0 fully saturated rings. The molecule has 19 heteroatoms. The number of carboxylic acid groups (broad SMARTS) is 2. The van der Waals surface area contributed by atoms with E-state index in [2.05, 4.69) is 27.9 Å². The number of H-pyrrole nitrogens is 1. The summed E-state index contributed by atoms with van der Waals surface area (Å²) in [5.41, 5.74) is 4.17. The van der Waals surface area contributed by atoms with Crippen LogP contribution in [-0.4, -0.2) is 111 Å². The number of carbonyl (C=O) groups excluding carboxylic acids is 2. The van der Waals surface area contributed by atoms with Gasteiger partial charge in [0.1, 0.15) is 18.3 Å². The minimum atomic E-state index is -4.64. The number of nitrogens with two attached hydrogens (primary N) is 1. The molecule has 0 aliphatic rings. The number of hydrogen-bond donors (Lipinski definition) is 12. The molecular weight excluding hydrogens is 527 g/mol. The van der Waals surface area contributed by atoms with E-state index in [1.165, 1.54) is 19.3 Å². The summed E-state index contributed by atoms with van der Waals surface area (Å²) in [4.78, 5) is 66.2. The number of aldehydes is 1. The monoisotopic (exact) mass is 564 g/mol. The number of nitrogens with one attached hydrogen (secondary N) is 2. The quantitative estimate of drug-likeness (QED) is 0.0702. The van der Waals surface area contributed by atoms with E-state index in [0.29, 0.717) is 0 Å². The molecule has 13 N–H and O–H groups in total. The molecule has 0 spiro atoms. The van der Waals surface area contributed by atoms with E-state index >= 15 is 0 Å².